The lowest BCUT2D eigenvalue weighted by molar-refractivity contribution is -0.146. The molecular weight excluding hydrogens is 258 g/mol. The van der Waals surface area contributed by atoms with Gasteiger partial charge in [-0.25, -0.2) is 0 Å². The first kappa shape index (κ1) is 18.4. The van der Waals surface area contributed by atoms with Crippen molar-refractivity contribution in [2.45, 2.75) is 52.6 Å². The summed E-state index contributed by atoms with van der Waals surface area (Å²) >= 11 is 0. The molecule has 0 saturated heterocycles. The second kappa shape index (κ2) is 7.87. The second-order valence-electron chi connectivity index (χ2n) is 5.53. The van der Waals surface area contributed by atoms with E-state index in [2.05, 4.69) is 0 Å². The summed E-state index contributed by atoms with van der Waals surface area (Å²) in [5.41, 5.74) is 5.37. The van der Waals surface area contributed by atoms with E-state index < -0.39 is 18.0 Å². The molecule has 0 aromatic rings. The van der Waals surface area contributed by atoms with Gasteiger partial charge in [0.2, 0.25) is 17.7 Å². The lowest BCUT2D eigenvalue weighted by atomic mass is 10.0. The Bertz CT molecular complexity index is 369. The average Bonchev–Trinajstić information content (AvgIpc) is 2.39. The predicted molar refractivity (Wildman–Crippen MR) is 77.7 cm³/mol. The van der Waals surface area contributed by atoms with Gasteiger partial charge in [0.05, 0.1) is 0 Å². The predicted octanol–water partition coefficient (Wildman–Crippen LogP) is 0.602. The maximum Gasteiger partial charge on any atom is 0.245 e. The Morgan fingerprint density at radius 1 is 1.05 bits per heavy atom. The van der Waals surface area contributed by atoms with Crippen LogP contribution in [0.3, 0.4) is 0 Å². The zero-order valence-corrected chi connectivity index (χ0v) is 13.3. The molecule has 0 aromatic heterocycles. The summed E-state index contributed by atoms with van der Waals surface area (Å²) in [5, 5.41) is 0. The van der Waals surface area contributed by atoms with Gasteiger partial charge in [-0.05, 0) is 19.3 Å². The number of nitrogens with two attached hydrogens (primary N) is 1. The molecule has 116 valence electrons. The maximum absolute atomic E-state index is 12.4. The highest BCUT2D eigenvalue weighted by Gasteiger charge is 2.31. The summed E-state index contributed by atoms with van der Waals surface area (Å²) in [5.74, 6) is -0.670. The van der Waals surface area contributed by atoms with Crippen LogP contribution in [-0.2, 0) is 14.4 Å². The van der Waals surface area contributed by atoms with E-state index in [-0.39, 0.29) is 17.7 Å². The van der Waals surface area contributed by atoms with E-state index in [0.717, 1.165) is 0 Å². The standard InChI is InChI=1S/C14H27N3O3/c1-7-12(18)16(5)10(4)14(20)17(6)11(13(15)19)8-9(2)3/h9-11H,7-8H2,1-6H3,(H2,15,19)/t10-,11+/m1/s1. The molecule has 0 bridgehead atoms. The number of rotatable bonds is 7. The van der Waals surface area contributed by atoms with E-state index >= 15 is 0 Å². The molecular formula is C14H27N3O3. The average molecular weight is 285 g/mol. The van der Waals surface area contributed by atoms with Gasteiger partial charge in [0.25, 0.3) is 0 Å². The van der Waals surface area contributed by atoms with Crippen LogP contribution in [0, 0.1) is 5.92 Å². The molecule has 2 N–H and O–H groups in total. The lowest BCUT2D eigenvalue weighted by Gasteiger charge is -2.32. The Kier molecular flexibility index (Phi) is 7.24. The number of carbonyl (C=O) groups excluding carboxylic acids is 3. The van der Waals surface area contributed by atoms with E-state index in [1.165, 1.54) is 9.80 Å². The number of amides is 3. The van der Waals surface area contributed by atoms with Crippen molar-refractivity contribution in [3.63, 3.8) is 0 Å². The molecule has 0 fully saturated rings. The van der Waals surface area contributed by atoms with Gasteiger partial charge in [-0.2, -0.15) is 0 Å². The van der Waals surface area contributed by atoms with Gasteiger partial charge in [-0.3, -0.25) is 14.4 Å². The lowest BCUT2D eigenvalue weighted by Crippen LogP contribution is -2.53. The van der Waals surface area contributed by atoms with Crippen LogP contribution in [-0.4, -0.2) is 53.7 Å². The summed E-state index contributed by atoms with van der Waals surface area (Å²) in [4.78, 5) is 38.2. The fraction of sp³-hybridized carbons (Fsp3) is 0.786. The molecule has 2 atom stereocenters. The first-order chi connectivity index (χ1) is 9.13. The topological polar surface area (TPSA) is 83.7 Å². The summed E-state index contributed by atoms with van der Waals surface area (Å²) in [6, 6.07) is -1.25. The summed E-state index contributed by atoms with van der Waals surface area (Å²) in [6.07, 6.45) is 0.846. The molecule has 0 aliphatic carbocycles. The zero-order valence-electron chi connectivity index (χ0n) is 13.3. The van der Waals surface area contributed by atoms with Crippen molar-refractivity contribution in [1.82, 2.24) is 9.80 Å². The zero-order chi connectivity index (χ0) is 16.0. The van der Waals surface area contributed by atoms with Crippen LogP contribution in [0.2, 0.25) is 0 Å². The van der Waals surface area contributed by atoms with E-state index in [9.17, 15) is 14.4 Å². The fourth-order valence-electron chi connectivity index (χ4n) is 1.99. The van der Waals surface area contributed by atoms with E-state index in [1.54, 1.807) is 27.9 Å². The normalized spacial score (nSPS) is 13.8. The third-order valence-corrected chi connectivity index (χ3v) is 3.47. The highest BCUT2D eigenvalue weighted by Crippen LogP contribution is 2.13. The number of carbonyl (C=O) groups is 3. The Hall–Kier alpha value is -1.59. The Balaban J connectivity index is 4.96. The van der Waals surface area contributed by atoms with E-state index in [1.807, 2.05) is 13.8 Å². The Labute approximate surface area is 121 Å². The van der Waals surface area contributed by atoms with Crippen molar-refractivity contribution in [2.24, 2.45) is 11.7 Å². The van der Waals surface area contributed by atoms with Gasteiger partial charge in [-0.15, -0.1) is 0 Å². The van der Waals surface area contributed by atoms with Crippen LogP contribution >= 0.6 is 0 Å². The molecule has 0 saturated carbocycles. The number of nitrogens with zero attached hydrogens (tertiary/aromatic N) is 2. The molecule has 0 heterocycles. The largest absolute Gasteiger partial charge is 0.368 e. The molecule has 6 heteroatoms. The molecule has 0 rings (SSSR count). The molecule has 20 heavy (non-hydrogen) atoms. The SMILES string of the molecule is CCC(=O)N(C)[C@H](C)C(=O)N(C)[C@@H](CC(C)C)C(N)=O. The number of hydrogen-bond donors (Lipinski definition) is 1. The molecule has 6 nitrogen and oxygen atoms in total. The van der Waals surface area contributed by atoms with Crippen LogP contribution in [0.25, 0.3) is 0 Å². The van der Waals surface area contributed by atoms with Crippen molar-refractivity contribution >= 4 is 17.7 Å². The van der Waals surface area contributed by atoms with E-state index in [4.69, 9.17) is 5.73 Å². The summed E-state index contributed by atoms with van der Waals surface area (Å²) in [6.45, 7) is 7.32. The molecule has 0 aliphatic heterocycles. The maximum atomic E-state index is 12.4. The van der Waals surface area contributed by atoms with Gasteiger partial charge in [0.15, 0.2) is 0 Å². The van der Waals surface area contributed by atoms with Crippen LogP contribution in [0.1, 0.15) is 40.5 Å². The van der Waals surface area contributed by atoms with Gasteiger partial charge in [-0.1, -0.05) is 20.8 Å². The molecule has 0 spiro atoms. The van der Waals surface area contributed by atoms with Crippen molar-refractivity contribution in [1.29, 1.82) is 0 Å². The van der Waals surface area contributed by atoms with E-state index in [0.29, 0.717) is 12.8 Å². The minimum absolute atomic E-state index is 0.112. The molecule has 0 aliphatic rings. The third kappa shape index (κ3) is 4.83. The van der Waals surface area contributed by atoms with Gasteiger partial charge in [0, 0.05) is 20.5 Å². The van der Waals surface area contributed by atoms with Gasteiger partial charge < -0.3 is 15.5 Å². The second-order valence-corrected chi connectivity index (χ2v) is 5.53. The fourth-order valence-corrected chi connectivity index (χ4v) is 1.99. The number of likely N-dealkylation sites (N-methyl/N-ethyl adjacent to an activating group) is 2. The van der Waals surface area contributed by atoms with Crippen molar-refractivity contribution in [3.05, 3.63) is 0 Å². The number of hydrogen-bond acceptors (Lipinski definition) is 3. The summed E-state index contributed by atoms with van der Waals surface area (Å²) < 4.78 is 0. The van der Waals surface area contributed by atoms with Crippen LogP contribution in [0.5, 0.6) is 0 Å². The molecule has 0 aromatic carbocycles. The first-order valence-corrected chi connectivity index (χ1v) is 6.95. The highest BCUT2D eigenvalue weighted by molar-refractivity contribution is 5.91. The monoisotopic (exact) mass is 285 g/mol. The molecule has 3 amide bonds. The highest BCUT2D eigenvalue weighted by atomic mass is 16.2. The minimum atomic E-state index is -0.643. The molecule has 0 unspecified atom stereocenters. The molecule has 0 radical (unpaired) electrons. The smallest absolute Gasteiger partial charge is 0.245 e. The van der Waals surface area contributed by atoms with Gasteiger partial charge >= 0.3 is 0 Å². The Morgan fingerprint density at radius 3 is 1.90 bits per heavy atom. The van der Waals surface area contributed by atoms with Crippen LogP contribution in [0.4, 0.5) is 0 Å². The van der Waals surface area contributed by atoms with Crippen molar-refractivity contribution in [3.8, 4) is 0 Å². The quantitative estimate of drug-likeness (QED) is 0.743. The van der Waals surface area contributed by atoms with Crippen LogP contribution in [0.15, 0.2) is 0 Å². The van der Waals surface area contributed by atoms with Crippen molar-refractivity contribution < 1.29 is 14.4 Å². The Morgan fingerprint density at radius 2 is 1.55 bits per heavy atom. The third-order valence-electron chi connectivity index (χ3n) is 3.47. The number of primary amides is 1. The summed E-state index contributed by atoms with van der Waals surface area (Å²) in [7, 11) is 3.14. The van der Waals surface area contributed by atoms with Gasteiger partial charge in [0.1, 0.15) is 12.1 Å². The van der Waals surface area contributed by atoms with Crippen LogP contribution < -0.4 is 5.73 Å². The minimum Gasteiger partial charge on any atom is -0.368 e. The van der Waals surface area contributed by atoms with Crippen molar-refractivity contribution in [2.75, 3.05) is 14.1 Å². The first-order valence-electron chi connectivity index (χ1n) is 6.95.